The van der Waals surface area contributed by atoms with Gasteiger partial charge in [-0.05, 0) is 41.8 Å². The summed E-state index contributed by atoms with van der Waals surface area (Å²) in [6.07, 6.45) is 6.53. The fourth-order valence-electron chi connectivity index (χ4n) is 3.64. The third-order valence-corrected chi connectivity index (χ3v) is 5.22. The van der Waals surface area contributed by atoms with Gasteiger partial charge >= 0.3 is 0 Å². The van der Waals surface area contributed by atoms with Gasteiger partial charge in [0.15, 0.2) is 11.5 Å². The first kappa shape index (κ1) is 22.9. The minimum atomic E-state index is -0.640. The maximum atomic E-state index is 13.0. The molecule has 0 heterocycles. The molecule has 1 amide bonds. The first-order valence-corrected chi connectivity index (χ1v) is 10.4. The highest BCUT2D eigenvalue weighted by molar-refractivity contribution is 6.14. The minimum absolute atomic E-state index is 0.0304. The summed E-state index contributed by atoms with van der Waals surface area (Å²) < 4.78 is 10.8. The Morgan fingerprint density at radius 1 is 1.09 bits per heavy atom. The monoisotopic (exact) mass is 432 g/mol. The van der Waals surface area contributed by atoms with Crippen molar-refractivity contribution in [3.8, 4) is 11.5 Å². The number of nitrogens with one attached hydrogen (secondary N) is 1. The van der Waals surface area contributed by atoms with Crippen LogP contribution in [0.3, 0.4) is 0 Å². The number of carbonyl (C=O) groups is 1. The van der Waals surface area contributed by atoms with Crippen LogP contribution < -0.4 is 14.8 Å². The molecule has 32 heavy (non-hydrogen) atoms. The molecule has 166 valence electrons. The predicted molar refractivity (Wildman–Crippen MR) is 127 cm³/mol. The molecule has 6 heteroatoms. The number of amides is 1. The largest absolute Gasteiger partial charge is 0.505 e. The summed E-state index contributed by atoms with van der Waals surface area (Å²) in [6.45, 7) is 2.02. The van der Waals surface area contributed by atoms with E-state index < -0.39 is 6.04 Å². The van der Waals surface area contributed by atoms with Gasteiger partial charge in [0.2, 0.25) is 0 Å². The van der Waals surface area contributed by atoms with E-state index in [9.17, 15) is 9.90 Å². The van der Waals surface area contributed by atoms with Gasteiger partial charge in [-0.3, -0.25) is 9.79 Å². The molecule has 0 saturated heterocycles. The van der Waals surface area contributed by atoms with E-state index in [2.05, 4.69) is 10.3 Å². The van der Waals surface area contributed by atoms with Gasteiger partial charge in [0.25, 0.3) is 5.91 Å². The number of hydrogen-bond acceptors (Lipinski definition) is 5. The van der Waals surface area contributed by atoms with E-state index in [1.807, 2.05) is 37.3 Å². The van der Waals surface area contributed by atoms with Crippen molar-refractivity contribution in [3.63, 3.8) is 0 Å². The average Bonchev–Trinajstić information content (AvgIpc) is 2.83. The molecule has 2 aromatic rings. The lowest BCUT2D eigenvalue weighted by atomic mass is 9.89. The van der Waals surface area contributed by atoms with E-state index in [4.69, 9.17) is 9.47 Å². The van der Waals surface area contributed by atoms with Gasteiger partial charge in [-0.25, -0.2) is 0 Å². The Morgan fingerprint density at radius 2 is 1.81 bits per heavy atom. The Labute approximate surface area is 188 Å². The van der Waals surface area contributed by atoms with Gasteiger partial charge in [0.1, 0.15) is 11.5 Å². The van der Waals surface area contributed by atoms with Gasteiger partial charge in [-0.2, -0.15) is 0 Å². The van der Waals surface area contributed by atoms with Crippen LogP contribution in [0.5, 0.6) is 11.5 Å². The molecule has 3 rings (SSSR count). The number of rotatable bonds is 7. The fraction of sp³-hybridized carbons (Fsp3) is 0.231. The Bertz CT molecular complexity index is 1100. The van der Waals surface area contributed by atoms with Gasteiger partial charge in [-0.1, -0.05) is 49.4 Å². The molecule has 2 N–H and O–H groups in total. The van der Waals surface area contributed by atoms with Crippen molar-refractivity contribution in [2.45, 2.75) is 19.4 Å². The Kier molecular flexibility index (Phi) is 7.49. The fourth-order valence-corrected chi connectivity index (χ4v) is 3.64. The average molecular weight is 433 g/mol. The summed E-state index contributed by atoms with van der Waals surface area (Å²) >= 11 is 0. The standard InChI is InChI=1S/C26H28N2O4/c1-5-9-17-12-14-20(25(29)24(17)27-2)23(28-26(30)18-10-7-6-8-11-18)19-13-15-21(31-3)22(16-19)32-4/h6-16,23,29H,5H2,1-4H3,(H,28,30)/b17-9-,27-24?. The van der Waals surface area contributed by atoms with Gasteiger partial charge in [0, 0.05) is 18.2 Å². The zero-order valence-corrected chi connectivity index (χ0v) is 18.8. The van der Waals surface area contributed by atoms with E-state index in [0.29, 0.717) is 28.3 Å². The van der Waals surface area contributed by atoms with Crippen molar-refractivity contribution in [1.29, 1.82) is 0 Å². The minimum Gasteiger partial charge on any atom is -0.505 e. The molecule has 0 bridgehead atoms. The lowest BCUT2D eigenvalue weighted by Gasteiger charge is -2.25. The molecule has 0 aromatic heterocycles. The van der Waals surface area contributed by atoms with Crippen molar-refractivity contribution in [2.75, 3.05) is 21.3 Å². The summed E-state index contributed by atoms with van der Waals surface area (Å²) in [6, 6.07) is 13.7. The van der Waals surface area contributed by atoms with E-state index in [1.165, 1.54) is 0 Å². The number of allylic oxidation sites excluding steroid dienone is 3. The third-order valence-electron chi connectivity index (χ3n) is 5.22. The van der Waals surface area contributed by atoms with Crippen molar-refractivity contribution in [2.24, 2.45) is 4.99 Å². The number of aliphatic hydroxyl groups excluding tert-OH is 1. The lowest BCUT2D eigenvalue weighted by Crippen LogP contribution is -2.31. The maximum absolute atomic E-state index is 13.0. The van der Waals surface area contributed by atoms with E-state index in [1.54, 1.807) is 57.7 Å². The van der Waals surface area contributed by atoms with Crippen molar-refractivity contribution < 1.29 is 19.4 Å². The van der Waals surface area contributed by atoms with Crippen LogP contribution in [-0.4, -0.2) is 38.0 Å². The molecule has 0 fully saturated rings. The summed E-state index contributed by atoms with van der Waals surface area (Å²) in [4.78, 5) is 17.3. The highest BCUT2D eigenvalue weighted by Gasteiger charge is 2.27. The van der Waals surface area contributed by atoms with Crippen LogP contribution in [0.15, 0.2) is 88.7 Å². The molecule has 6 nitrogen and oxygen atoms in total. The maximum Gasteiger partial charge on any atom is 0.252 e. The second-order valence-corrected chi connectivity index (χ2v) is 7.16. The zero-order valence-electron chi connectivity index (χ0n) is 18.8. The molecule has 0 spiro atoms. The molecule has 1 atom stereocenters. The molecule has 1 aliphatic carbocycles. The summed E-state index contributed by atoms with van der Waals surface area (Å²) in [5.41, 5.74) is 3.13. The second-order valence-electron chi connectivity index (χ2n) is 7.16. The molecule has 0 saturated carbocycles. The highest BCUT2D eigenvalue weighted by Crippen LogP contribution is 2.35. The Morgan fingerprint density at radius 3 is 2.44 bits per heavy atom. The van der Waals surface area contributed by atoms with Crippen LogP contribution in [0.2, 0.25) is 0 Å². The van der Waals surface area contributed by atoms with Crippen LogP contribution in [0, 0.1) is 0 Å². The van der Waals surface area contributed by atoms with Gasteiger partial charge in [-0.15, -0.1) is 0 Å². The quantitative estimate of drug-likeness (QED) is 0.648. The molecule has 0 radical (unpaired) electrons. The molecular weight excluding hydrogens is 404 g/mol. The SMILES string of the molecule is CC/C=C1/C=CC(C(NC(=O)c2ccccc2)c2ccc(OC)c(OC)c2)=C(O)C1=NC. The first-order chi connectivity index (χ1) is 15.5. The highest BCUT2D eigenvalue weighted by atomic mass is 16.5. The van der Waals surface area contributed by atoms with Crippen LogP contribution in [-0.2, 0) is 0 Å². The zero-order chi connectivity index (χ0) is 23.1. The number of methoxy groups -OCH3 is 2. The second kappa shape index (κ2) is 10.5. The molecular formula is C26H28N2O4. The Hall–Kier alpha value is -3.80. The topological polar surface area (TPSA) is 80.2 Å². The van der Waals surface area contributed by atoms with E-state index >= 15 is 0 Å². The Balaban J connectivity index is 2.11. The third kappa shape index (κ3) is 4.75. The van der Waals surface area contributed by atoms with E-state index in [0.717, 1.165) is 17.6 Å². The van der Waals surface area contributed by atoms with Crippen LogP contribution in [0.4, 0.5) is 0 Å². The number of benzene rings is 2. The number of hydrogen-bond donors (Lipinski definition) is 2. The molecule has 2 aromatic carbocycles. The van der Waals surface area contributed by atoms with Crippen LogP contribution in [0.1, 0.15) is 35.3 Å². The summed E-state index contributed by atoms with van der Waals surface area (Å²) in [7, 11) is 4.76. The van der Waals surface area contributed by atoms with E-state index in [-0.39, 0.29) is 11.7 Å². The predicted octanol–water partition coefficient (Wildman–Crippen LogP) is 4.96. The molecule has 1 unspecified atom stereocenters. The first-order valence-electron chi connectivity index (χ1n) is 10.4. The van der Waals surface area contributed by atoms with Crippen molar-refractivity contribution in [1.82, 2.24) is 5.32 Å². The summed E-state index contributed by atoms with van der Waals surface area (Å²) in [5.74, 6) is 0.873. The van der Waals surface area contributed by atoms with Crippen LogP contribution >= 0.6 is 0 Å². The normalized spacial score (nSPS) is 16.9. The number of aliphatic hydroxyl groups is 1. The van der Waals surface area contributed by atoms with Crippen LogP contribution in [0.25, 0.3) is 0 Å². The number of nitrogens with zero attached hydrogens (tertiary/aromatic N) is 1. The number of aliphatic imine (C=N–C) groups is 1. The van der Waals surface area contributed by atoms with Gasteiger partial charge in [0.05, 0.1) is 20.3 Å². The van der Waals surface area contributed by atoms with Crippen molar-refractivity contribution >= 4 is 11.6 Å². The summed E-state index contributed by atoms with van der Waals surface area (Å²) in [5, 5.41) is 14.2. The van der Waals surface area contributed by atoms with Gasteiger partial charge < -0.3 is 19.9 Å². The lowest BCUT2D eigenvalue weighted by molar-refractivity contribution is 0.0942. The molecule has 1 aliphatic rings. The molecule has 0 aliphatic heterocycles. The van der Waals surface area contributed by atoms with Crippen molar-refractivity contribution in [3.05, 3.63) is 94.8 Å². The number of carbonyl (C=O) groups excluding carboxylic acids is 1. The number of ether oxygens (including phenoxy) is 2. The smallest absolute Gasteiger partial charge is 0.252 e.